The van der Waals surface area contributed by atoms with Crippen LogP contribution in [0.1, 0.15) is 29.2 Å². The lowest BCUT2D eigenvalue weighted by Crippen LogP contribution is -2.30. The Bertz CT molecular complexity index is 1350. The number of thioether (sulfide) groups is 1. The summed E-state index contributed by atoms with van der Waals surface area (Å²) in [7, 11) is 0. The van der Waals surface area contributed by atoms with Crippen molar-refractivity contribution in [3.63, 3.8) is 0 Å². The van der Waals surface area contributed by atoms with Gasteiger partial charge >= 0.3 is 0 Å². The minimum Gasteiger partial charge on any atom is -0.352 e. The molecule has 0 saturated heterocycles. The molecule has 2 aromatic carbocycles. The molecular weight excluding hydrogens is 420 g/mol. The summed E-state index contributed by atoms with van der Waals surface area (Å²) in [5.41, 5.74) is 2.24. The Balaban J connectivity index is 1.66. The summed E-state index contributed by atoms with van der Waals surface area (Å²) in [6.45, 7) is 1.95. The van der Waals surface area contributed by atoms with Crippen molar-refractivity contribution in [3.8, 4) is 5.82 Å². The van der Waals surface area contributed by atoms with Crippen LogP contribution in [0.25, 0.3) is 16.7 Å². The molecule has 1 atom stereocenters. The van der Waals surface area contributed by atoms with Gasteiger partial charge in [-0.2, -0.15) is 0 Å². The molecule has 1 aliphatic carbocycles. The maximum absolute atomic E-state index is 13.5. The van der Waals surface area contributed by atoms with Crippen LogP contribution in [0.5, 0.6) is 0 Å². The van der Waals surface area contributed by atoms with E-state index in [0.29, 0.717) is 21.9 Å². The van der Waals surface area contributed by atoms with Gasteiger partial charge < -0.3 is 5.32 Å². The highest BCUT2D eigenvalue weighted by Crippen LogP contribution is 2.36. The largest absolute Gasteiger partial charge is 0.352 e. The third-order valence-corrected chi connectivity index (χ3v) is 6.57. The second kappa shape index (κ2) is 8.59. The van der Waals surface area contributed by atoms with Crippen molar-refractivity contribution < 1.29 is 4.79 Å². The van der Waals surface area contributed by atoms with Gasteiger partial charge in [-0.05, 0) is 55.2 Å². The van der Waals surface area contributed by atoms with Crippen molar-refractivity contribution in [2.75, 3.05) is 0 Å². The minimum absolute atomic E-state index is 0.0742. The highest BCUT2D eigenvalue weighted by molar-refractivity contribution is 8.00. The molecule has 1 unspecified atom stereocenters. The summed E-state index contributed by atoms with van der Waals surface area (Å²) in [5, 5.41) is 3.51. The average molecular weight is 443 g/mol. The van der Waals surface area contributed by atoms with E-state index < -0.39 is 5.25 Å². The number of carbonyl (C=O) groups is 1. The second-order valence-electron chi connectivity index (χ2n) is 7.93. The number of hydrogen-bond donors (Lipinski definition) is 1. The topological polar surface area (TPSA) is 76.9 Å². The van der Waals surface area contributed by atoms with Gasteiger partial charge in [-0.1, -0.05) is 54.2 Å². The summed E-state index contributed by atoms with van der Waals surface area (Å²) in [6.07, 6.45) is 3.68. The van der Waals surface area contributed by atoms with Crippen molar-refractivity contribution in [2.24, 2.45) is 0 Å². The van der Waals surface area contributed by atoms with Gasteiger partial charge in [-0.25, -0.2) is 14.5 Å². The molecule has 6 nitrogen and oxygen atoms in total. The average Bonchev–Trinajstić information content (AvgIpc) is 3.62. The summed E-state index contributed by atoms with van der Waals surface area (Å²) in [4.78, 5) is 35.9. The number of pyridine rings is 1. The molecule has 5 rings (SSSR count). The van der Waals surface area contributed by atoms with Crippen LogP contribution >= 0.6 is 11.8 Å². The number of rotatable bonds is 6. The van der Waals surface area contributed by atoms with E-state index >= 15 is 0 Å². The van der Waals surface area contributed by atoms with Gasteiger partial charge in [-0.15, -0.1) is 0 Å². The molecule has 0 radical (unpaired) electrons. The number of hydrogen-bond acceptors (Lipinski definition) is 5. The number of carbonyl (C=O) groups excluding carboxylic acids is 1. The number of para-hydroxylation sites is 1. The van der Waals surface area contributed by atoms with E-state index in [9.17, 15) is 9.59 Å². The number of amides is 1. The highest BCUT2D eigenvalue weighted by Gasteiger charge is 2.30. The van der Waals surface area contributed by atoms with Gasteiger partial charge in [0.15, 0.2) is 5.16 Å². The quantitative estimate of drug-likeness (QED) is 0.358. The lowest BCUT2D eigenvalue weighted by atomic mass is 10.1. The smallest absolute Gasteiger partial charge is 0.267 e. The summed E-state index contributed by atoms with van der Waals surface area (Å²) >= 11 is 1.28. The van der Waals surface area contributed by atoms with E-state index in [-0.39, 0.29) is 17.5 Å². The van der Waals surface area contributed by atoms with Gasteiger partial charge in [0.25, 0.3) is 5.56 Å². The molecule has 160 valence electrons. The van der Waals surface area contributed by atoms with Crippen LogP contribution in [0, 0.1) is 6.92 Å². The molecule has 7 heteroatoms. The standard InChI is InChI=1S/C25H22N4O2S/c1-16-13-14-26-21(15-16)29-24(31)19-9-5-6-10-20(19)28-25(29)32-22(17-7-3-2-4-8-17)23(30)27-18-11-12-18/h2-10,13-15,18,22H,11-12H2,1H3,(H,27,30). The number of benzene rings is 2. The Morgan fingerprint density at radius 1 is 1.09 bits per heavy atom. The summed E-state index contributed by atoms with van der Waals surface area (Å²) in [5.74, 6) is 0.417. The van der Waals surface area contributed by atoms with E-state index in [4.69, 9.17) is 4.98 Å². The molecule has 1 saturated carbocycles. The van der Waals surface area contributed by atoms with Gasteiger partial charge in [0.05, 0.1) is 10.9 Å². The zero-order valence-electron chi connectivity index (χ0n) is 17.6. The molecule has 0 bridgehead atoms. The van der Waals surface area contributed by atoms with E-state index in [1.807, 2.05) is 67.6 Å². The van der Waals surface area contributed by atoms with Crippen LogP contribution in [0.3, 0.4) is 0 Å². The van der Waals surface area contributed by atoms with Crippen LogP contribution in [0.2, 0.25) is 0 Å². The van der Waals surface area contributed by atoms with Crippen LogP contribution in [-0.2, 0) is 4.79 Å². The van der Waals surface area contributed by atoms with E-state index in [2.05, 4.69) is 10.3 Å². The first-order valence-corrected chi connectivity index (χ1v) is 11.4. The molecular formula is C25H22N4O2S. The molecule has 32 heavy (non-hydrogen) atoms. The van der Waals surface area contributed by atoms with Gasteiger partial charge in [0.2, 0.25) is 5.91 Å². The number of aromatic nitrogens is 3. The normalized spacial score (nSPS) is 14.3. The van der Waals surface area contributed by atoms with E-state index in [1.165, 1.54) is 16.3 Å². The Hall–Kier alpha value is -3.45. The van der Waals surface area contributed by atoms with Gasteiger partial charge in [0, 0.05) is 12.2 Å². The third-order valence-electron chi connectivity index (χ3n) is 5.36. The van der Waals surface area contributed by atoms with Crippen LogP contribution in [-0.4, -0.2) is 26.5 Å². The van der Waals surface area contributed by atoms with Crippen molar-refractivity contribution in [1.82, 2.24) is 19.9 Å². The highest BCUT2D eigenvalue weighted by atomic mass is 32.2. The summed E-state index contributed by atoms with van der Waals surface area (Å²) in [6, 6.07) is 20.8. The first-order chi connectivity index (χ1) is 15.6. The minimum atomic E-state index is -0.541. The van der Waals surface area contributed by atoms with E-state index in [1.54, 1.807) is 12.3 Å². The molecule has 0 spiro atoms. The van der Waals surface area contributed by atoms with Crippen LogP contribution in [0.4, 0.5) is 0 Å². The molecule has 4 aromatic rings. The van der Waals surface area contributed by atoms with Crippen molar-refractivity contribution in [1.29, 1.82) is 0 Å². The van der Waals surface area contributed by atoms with E-state index in [0.717, 1.165) is 24.0 Å². The maximum Gasteiger partial charge on any atom is 0.267 e. The van der Waals surface area contributed by atoms with Gasteiger partial charge in [0.1, 0.15) is 11.1 Å². The number of nitrogens with zero attached hydrogens (tertiary/aromatic N) is 3. The molecule has 1 fully saturated rings. The Morgan fingerprint density at radius 2 is 1.84 bits per heavy atom. The molecule has 1 amide bonds. The Morgan fingerprint density at radius 3 is 2.59 bits per heavy atom. The molecule has 2 aromatic heterocycles. The van der Waals surface area contributed by atoms with Crippen molar-refractivity contribution in [2.45, 2.75) is 36.2 Å². The fraction of sp³-hybridized carbons (Fsp3) is 0.200. The number of nitrogens with one attached hydrogen (secondary N) is 1. The summed E-state index contributed by atoms with van der Waals surface area (Å²) < 4.78 is 1.51. The van der Waals surface area contributed by atoms with Crippen molar-refractivity contribution in [3.05, 3.63) is 94.4 Å². The molecule has 0 aliphatic heterocycles. The SMILES string of the molecule is Cc1ccnc(-n2c(SC(C(=O)NC3CC3)c3ccccc3)nc3ccccc3c2=O)c1. The zero-order valence-corrected chi connectivity index (χ0v) is 18.4. The Kier molecular flexibility index (Phi) is 5.49. The second-order valence-corrected chi connectivity index (χ2v) is 9.01. The number of aryl methyl sites for hydroxylation is 1. The predicted octanol–water partition coefficient (Wildman–Crippen LogP) is 4.20. The lowest BCUT2D eigenvalue weighted by molar-refractivity contribution is -0.120. The molecule has 1 N–H and O–H groups in total. The first kappa shape index (κ1) is 20.5. The Labute approximate surface area is 189 Å². The van der Waals surface area contributed by atoms with Crippen molar-refractivity contribution >= 4 is 28.6 Å². The zero-order chi connectivity index (χ0) is 22.1. The van der Waals surface area contributed by atoms with Crippen LogP contribution < -0.4 is 10.9 Å². The maximum atomic E-state index is 13.5. The number of fused-ring (bicyclic) bond motifs is 1. The van der Waals surface area contributed by atoms with Gasteiger partial charge in [-0.3, -0.25) is 9.59 Å². The first-order valence-electron chi connectivity index (χ1n) is 10.6. The molecule has 2 heterocycles. The monoisotopic (exact) mass is 442 g/mol. The van der Waals surface area contributed by atoms with Crippen LogP contribution in [0.15, 0.2) is 82.9 Å². The fourth-order valence-corrected chi connectivity index (χ4v) is 4.66. The predicted molar refractivity (Wildman–Crippen MR) is 126 cm³/mol. The molecule has 1 aliphatic rings. The lowest BCUT2D eigenvalue weighted by Gasteiger charge is -2.19. The third kappa shape index (κ3) is 4.16. The fourth-order valence-electron chi connectivity index (χ4n) is 3.55.